The van der Waals surface area contributed by atoms with Gasteiger partial charge in [-0.2, -0.15) is 0 Å². The minimum atomic E-state index is 0.221. The summed E-state index contributed by atoms with van der Waals surface area (Å²) in [5, 5.41) is 12.7. The molecule has 17 heavy (non-hydrogen) atoms. The minimum absolute atomic E-state index is 0.221. The van der Waals surface area contributed by atoms with Gasteiger partial charge in [0.15, 0.2) is 0 Å². The minimum Gasteiger partial charge on any atom is -0.395 e. The van der Waals surface area contributed by atoms with Gasteiger partial charge in [0.25, 0.3) is 0 Å². The lowest BCUT2D eigenvalue weighted by Gasteiger charge is -2.25. The molecule has 1 saturated heterocycles. The largest absolute Gasteiger partial charge is 0.395 e. The number of aliphatic hydroxyl groups excluding tert-OH is 1. The number of likely N-dealkylation sites (tertiary alicyclic amines) is 1. The number of likely N-dealkylation sites (N-methyl/N-ethyl adjacent to an activating group) is 1. The van der Waals surface area contributed by atoms with Gasteiger partial charge in [0, 0.05) is 25.7 Å². The van der Waals surface area contributed by atoms with Crippen LogP contribution in [0.4, 0.5) is 0 Å². The molecule has 4 heteroatoms. The monoisotopic (exact) mass is 243 g/mol. The van der Waals surface area contributed by atoms with Crippen LogP contribution in [0.3, 0.4) is 0 Å². The van der Waals surface area contributed by atoms with Crippen LogP contribution in [0.5, 0.6) is 0 Å². The molecule has 1 aliphatic heterocycles. The highest BCUT2D eigenvalue weighted by Gasteiger charge is 2.13. The van der Waals surface area contributed by atoms with Gasteiger partial charge in [-0.25, -0.2) is 0 Å². The van der Waals surface area contributed by atoms with Crippen LogP contribution in [-0.2, 0) is 0 Å². The Balaban J connectivity index is 2.10. The topological polar surface area (TPSA) is 38.7 Å². The van der Waals surface area contributed by atoms with E-state index >= 15 is 0 Å². The molecule has 1 aliphatic rings. The molecule has 0 aromatic rings. The number of aliphatic hydroxyl groups is 1. The first-order valence-electron chi connectivity index (χ1n) is 7.01. The molecule has 0 radical (unpaired) electrons. The Hall–Kier alpha value is -0.160. The summed E-state index contributed by atoms with van der Waals surface area (Å²) in [4.78, 5) is 4.85. The fraction of sp³-hybridized carbons (Fsp3) is 1.00. The Labute approximate surface area is 106 Å². The van der Waals surface area contributed by atoms with Gasteiger partial charge in [-0.15, -0.1) is 0 Å². The highest BCUT2D eigenvalue weighted by atomic mass is 16.3. The fourth-order valence-corrected chi connectivity index (χ4v) is 2.32. The van der Waals surface area contributed by atoms with Gasteiger partial charge in [0.2, 0.25) is 0 Å². The highest BCUT2D eigenvalue weighted by Crippen LogP contribution is 2.06. The van der Waals surface area contributed by atoms with Crippen molar-refractivity contribution in [2.45, 2.75) is 32.2 Å². The molecule has 0 aromatic heterocycles. The lowest BCUT2D eigenvalue weighted by atomic mass is 10.2. The Morgan fingerprint density at radius 1 is 1.35 bits per heavy atom. The first kappa shape index (κ1) is 14.9. The zero-order valence-corrected chi connectivity index (χ0v) is 11.5. The average Bonchev–Trinajstić information content (AvgIpc) is 2.85. The van der Waals surface area contributed by atoms with Crippen molar-refractivity contribution >= 4 is 0 Å². The molecule has 0 bridgehead atoms. The van der Waals surface area contributed by atoms with Crippen LogP contribution in [0.1, 0.15) is 26.2 Å². The third-order valence-electron chi connectivity index (χ3n) is 3.43. The molecule has 1 fully saturated rings. The Kier molecular flexibility index (Phi) is 7.77. The molecule has 1 unspecified atom stereocenters. The summed E-state index contributed by atoms with van der Waals surface area (Å²) in [6, 6.07) is 0.221. The van der Waals surface area contributed by atoms with Gasteiger partial charge in [0.05, 0.1) is 6.61 Å². The van der Waals surface area contributed by atoms with Crippen molar-refractivity contribution in [3.8, 4) is 0 Å². The van der Waals surface area contributed by atoms with Crippen LogP contribution in [0.25, 0.3) is 0 Å². The van der Waals surface area contributed by atoms with E-state index in [9.17, 15) is 5.11 Å². The van der Waals surface area contributed by atoms with E-state index in [1.807, 2.05) is 0 Å². The summed E-state index contributed by atoms with van der Waals surface area (Å²) in [6.45, 7) is 9.12. The number of hydrogen-bond acceptors (Lipinski definition) is 4. The molecule has 0 aromatic carbocycles. The maximum absolute atomic E-state index is 9.28. The second kappa shape index (κ2) is 8.86. The van der Waals surface area contributed by atoms with E-state index in [4.69, 9.17) is 0 Å². The van der Waals surface area contributed by atoms with Crippen molar-refractivity contribution in [1.82, 2.24) is 15.1 Å². The van der Waals surface area contributed by atoms with Gasteiger partial charge in [-0.3, -0.25) is 0 Å². The molecule has 0 spiro atoms. The summed E-state index contributed by atoms with van der Waals surface area (Å²) in [7, 11) is 2.15. The third-order valence-corrected chi connectivity index (χ3v) is 3.43. The van der Waals surface area contributed by atoms with Crippen LogP contribution in [-0.4, -0.2) is 73.9 Å². The number of nitrogens with zero attached hydrogens (tertiary/aromatic N) is 2. The Bertz CT molecular complexity index is 184. The second-order valence-corrected chi connectivity index (χ2v) is 5.14. The van der Waals surface area contributed by atoms with Crippen LogP contribution in [0.2, 0.25) is 0 Å². The molecule has 2 N–H and O–H groups in total. The smallest absolute Gasteiger partial charge is 0.0597 e. The van der Waals surface area contributed by atoms with Gasteiger partial charge >= 0.3 is 0 Å². The van der Waals surface area contributed by atoms with Gasteiger partial charge in [0.1, 0.15) is 0 Å². The number of nitrogens with one attached hydrogen (secondary N) is 1. The first-order chi connectivity index (χ1) is 8.26. The van der Waals surface area contributed by atoms with Crippen molar-refractivity contribution in [3.05, 3.63) is 0 Å². The molecule has 1 heterocycles. The highest BCUT2D eigenvalue weighted by molar-refractivity contribution is 4.72. The molecule has 0 amide bonds. The summed E-state index contributed by atoms with van der Waals surface area (Å²) < 4.78 is 0. The zero-order chi connectivity index (χ0) is 12.5. The summed E-state index contributed by atoms with van der Waals surface area (Å²) in [6.07, 6.45) is 3.84. The molecular weight excluding hydrogens is 214 g/mol. The number of rotatable bonds is 9. The van der Waals surface area contributed by atoms with Crippen molar-refractivity contribution in [2.75, 3.05) is 52.9 Å². The van der Waals surface area contributed by atoms with Crippen molar-refractivity contribution < 1.29 is 5.11 Å². The first-order valence-corrected chi connectivity index (χ1v) is 7.01. The molecular formula is C13H29N3O. The summed E-state index contributed by atoms with van der Waals surface area (Å²) in [5.74, 6) is 0. The molecule has 1 atom stereocenters. The van der Waals surface area contributed by atoms with Crippen molar-refractivity contribution in [3.63, 3.8) is 0 Å². The molecule has 0 aliphatic carbocycles. The third kappa shape index (κ3) is 6.36. The lowest BCUT2D eigenvalue weighted by Crippen LogP contribution is -2.44. The Morgan fingerprint density at radius 3 is 2.65 bits per heavy atom. The van der Waals surface area contributed by atoms with Crippen molar-refractivity contribution in [1.29, 1.82) is 0 Å². The molecule has 1 rings (SSSR count). The van der Waals surface area contributed by atoms with E-state index in [1.165, 1.54) is 32.5 Å². The number of hydrogen-bond donors (Lipinski definition) is 2. The summed E-state index contributed by atoms with van der Waals surface area (Å²) in [5.41, 5.74) is 0. The van der Waals surface area contributed by atoms with Crippen LogP contribution < -0.4 is 5.32 Å². The normalized spacial score (nSPS) is 19.1. The SMILES string of the molecule is CCCNC(CO)CN(C)CCN1CCCC1. The molecule has 0 saturated carbocycles. The Morgan fingerprint density at radius 2 is 2.06 bits per heavy atom. The zero-order valence-electron chi connectivity index (χ0n) is 11.5. The molecule has 4 nitrogen and oxygen atoms in total. The van der Waals surface area contributed by atoms with E-state index < -0.39 is 0 Å². The summed E-state index contributed by atoms with van der Waals surface area (Å²) >= 11 is 0. The average molecular weight is 243 g/mol. The van der Waals surface area contributed by atoms with Crippen LogP contribution >= 0.6 is 0 Å². The van der Waals surface area contributed by atoms with Gasteiger partial charge < -0.3 is 20.2 Å². The molecule has 102 valence electrons. The van der Waals surface area contributed by atoms with Gasteiger partial charge in [-0.05, 0) is 45.9 Å². The standard InChI is InChI=1S/C13H29N3O/c1-3-6-14-13(12-17)11-15(2)9-10-16-7-4-5-8-16/h13-14,17H,3-12H2,1-2H3. The van der Waals surface area contributed by atoms with E-state index in [2.05, 4.69) is 29.1 Å². The maximum atomic E-state index is 9.28. The van der Waals surface area contributed by atoms with E-state index in [0.717, 1.165) is 26.1 Å². The van der Waals surface area contributed by atoms with Gasteiger partial charge in [-0.1, -0.05) is 6.92 Å². The lowest BCUT2D eigenvalue weighted by molar-refractivity contribution is 0.187. The van der Waals surface area contributed by atoms with Crippen LogP contribution in [0, 0.1) is 0 Å². The van der Waals surface area contributed by atoms with E-state index in [-0.39, 0.29) is 12.6 Å². The fourth-order valence-electron chi connectivity index (χ4n) is 2.32. The maximum Gasteiger partial charge on any atom is 0.0597 e. The van der Waals surface area contributed by atoms with E-state index in [1.54, 1.807) is 0 Å². The van der Waals surface area contributed by atoms with E-state index in [0.29, 0.717) is 0 Å². The predicted molar refractivity (Wildman–Crippen MR) is 72.3 cm³/mol. The second-order valence-electron chi connectivity index (χ2n) is 5.14. The van der Waals surface area contributed by atoms with Crippen LogP contribution in [0.15, 0.2) is 0 Å². The predicted octanol–water partition coefficient (Wildman–Crippen LogP) is 0.375. The quantitative estimate of drug-likeness (QED) is 0.614. The van der Waals surface area contributed by atoms with Crippen molar-refractivity contribution in [2.24, 2.45) is 0 Å².